The largest absolute Gasteiger partial charge is 0.339 e. The monoisotopic (exact) mass is 286 g/mol. The van der Waals surface area contributed by atoms with E-state index >= 15 is 0 Å². The number of anilines is 2. The van der Waals surface area contributed by atoms with Gasteiger partial charge in [-0.3, -0.25) is 0 Å². The van der Waals surface area contributed by atoms with Gasteiger partial charge in [-0.25, -0.2) is 9.97 Å². The van der Waals surface area contributed by atoms with Crippen molar-refractivity contribution < 1.29 is 0 Å². The fourth-order valence-electron chi connectivity index (χ4n) is 1.70. The number of halogens is 1. The van der Waals surface area contributed by atoms with Crippen molar-refractivity contribution in [3.05, 3.63) is 46.4 Å². The number of nitrogens with one attached hydrogen (secondary N) is 1. The summed E-state index contributed by atoms with van der Waals surface area (Å²) >= 11 is 6.15. The molecule has 0 unspecified atom stereocenters. The Morgan fingerprint density at radius 3 is 2.60 bits per heavy atom. The lowest BCUT2D eigenvalue weighted by Crippen LogP contribution is -2.05. The molecular weight excluding hydrogens is 272 g/mol. The molecule has 0 saturated carbocycles. The normalized spacial score (nSPS) is 10.4. The Balaban J connectivity index is 2.46. The average Bonchev–Trinajstić information content (AvgIpc) is 2.44. The van der Waals surface area contributed by atoms with E-state index in [4.69, 9.17) is 16.9 Å². The van der Waals surface area contributed by atoms with Gasteiger partial charge in [0.25, 0.3) is 0 Å². The Morgan fingerprint density at radius 1 is 1.25 bits per heavy atom. The zero-order chi connectivity index (χ0) is 14.7. The van der Waals surface area contributed by atoms with Crippen LogP contribution in [0.4, 0.5) is 11.5 Å². The van der Waals surface area contributed by atoms with Crippen molar-refractivity contribution in [3.8, 4) is 6.07 Å². The van der Waals surface area contributed by atoms with E-state index in [-0.39, 0.29) is 5.92 Å². The number of hydrogen-bond donors (Lipinski definition) is 1. The zero-order valence-electron chi connectivity index (χ0n) is 11.6. The third-order valence-corrected chi connectivity index (χ3v) is 3.29. The number of nitrogens with zero attached hydrogens (tertiary/aromatic N) is 3. The summed E-state index contributed by atoms with van der Waals surface area (Å²) in [6.07, 6.45) is 0. The number of benzene rings is 1. The Kier molecular flexibility index (Phi) is 4.21. The minimum Gasteiger partial charge on any atom is -0.339 e. The average molecular weight is 287 g/mol. The van der Waals surface area contributed by atoms with Crippen molar-refractivity contribution in [2.24, 2.45) is 0 Å². The van der Waals surface area contributed by atoms with Crippen molar-refractivity contribution in [2.45, 2.75) is 26.7 Å². The van der Waals surface area contributed by atoms with Gasteiger partial charge in [0, 0.05) is 11.5 Å². The molecule has 0 radical (unpaired) electrons. The molecular formula is C15H15ClN4. The number of hydrogen-bond acceptors (Lipinski definition) is 4. The van der Waals surface area contributed by atoms with E-state index in [1.54, 1.807) is 6.07 Å². The maximum absolute atomic E-state index is 9.11. The summed E-state index contributed by atoms with van der Waals surface area (Å²) in [5.74, 6) is 1.49. The third-order valence-electron chi connectivity index (χ3n) is 2.92. The molecule has 20 heavy (non-hydrogen) atoms. The van der Waals surface area contributed by atoms with Crippen molar-refractivity contribution in [1.82, 2.24) is 9.97 Å². The number of nitriles is 1. The number of para-hydroxylation sites is 1. The Labute approximate surface area is 123 Å². The highest BCUT2D eigenvalue weighted by Crippen LogP contribution is 2.26. The SMILES string of the molecule is Cc1c(Cl)nc(C(C)C)nc1Nc1ccccc1C#N. The molecule has 102 valence electrons. The summed E-state index contributed by atoms with van der Waals surface area (Å²) in [4.78, 5) is 8.75. The number of aromatic nitrogens is 2. The molecule has 0 saturated heterocycles. The van der Waals surface area contributed by atoms with Crippen LogP contribution in [0.5, 0.6) is 0 Å². The van der Waals surface area contributed by atoms with E-state index < -0.39 is 0 Å². The number of rotatable bonds is 3. The lowest BCUT2D eigenvalue weighted by atomic mass is 10.2. The molecule has 0 aliphatic heterocycles. The molecule has 1 N–H and O–H groups in total. The predicted molar refractivity (Wildman–Crippen MR) is 80.3 cm³/mol. The maximum atomic E-state index is 9.11. The van der Waals surface area contributed by atoms with Gasteiger partial charge in [-0.1, -0.05) is 37.6 Å². The second-order valence-electron chi connectivity index (χ2n) is 4.78. The third kappa shape index (κ3) is 2.89. The van der Waals surface area contributed by atoms with Crippen LogP contribution in [0.1, 0.15) is 36.7 Å². The van der Waals surface area contributed by atoms with Crippen LogP contribution in [0.25, 0.3) is 0 Å². The first-order chi connectivity index (χ1) is 9.52. The first-order valence-electron chi connectivity index (χ1n) is 6.33. The van der Waals surface area contributed by atoms with Gasteiger partial charge in [0.2, 0.25) is 0 Å². The van der Waals surface area contributed by atoms with E-state index in [1.807, 2.05) is 39.0 Å². The standard InChI is InChI=1S/C15H15ClN4/c1-9(2)14-19-13(16)10(3)15(20-14)18-12-7-5-4-6-11(12)8-17/h4-7,9H,1-3H3,(H,18,19,20). The van der Waals surface area contributed by atoms with E-state index in [2.05, 4.69) is 21.4 Å². The summed E-state index contributed by atoms with van der Waals surface area (Å²) in [5, 5.41) is 12.7. The van der Waals surface area contributed by atoms with Crippen molar-refractivity contribution in [2.75, 3.05) is 5.32 Å². The molecule has 1 aromatic carbocycles. The molecule has 0 aliphatic rings. The highest BCUT2D eigenvalue weighted by Gasteiger charge is 2.13. The van der Waals surface area contributed by atoms with Crippen LogP contribution < -0.4 is 5.32 Å². The zero-order valence-corrected chi connectivity index (χ0v) is 12.4. The molecule has 5 heteroatoms. The van der Waals surface area contributed by atoms with Crippen molar-refractivity contribution in [3.63, 3.8) is 0 Å². The van der Waals surface area contributed by atoms with Gasteiger partial charge < -0.3 is 5.32 Å². The fourth-order valence-corrected chi connectivity index (χ4v) is 1.88. The quantitative estimate of drug-likeness (QED) is 0.860. The van der Waals surface area contributed by atoms with E-state index in [0.29, 0.717) is 28.0 Å². The van der Waals surface area contributed by atoms with Gasteiger partial charge in [0.05, 0.1) is 11.3 Å². The van der Waals surface area contributed by atoms with Gasteiger partial charge in [-0.15, -0.1) is 0 Å². The van der Waals surface area contributed by atoms with Crippen LogP contribution in [0.2, 0.25) is 5.15 Å². The molecule has 2 rings (SSSR count). The topological polar surface area (TPSA) is 61.6 Å². The van der Waals surface area contributed by atoms with Gasteiger partial charge in [-0.2, -0.15) is 5.26 Å². The smallest absolute Gasteiger partial charge is 0.138 e. The summed E-state index contributed by atoms with van der Waals surface area (Å²) in [7, 11) is 0. The maximum Gasteiger partial charge on any atom is 0.138 e. The molecule has 0 atom stereocenters. The summed E-state index contributed by atoms with van der Waals surface area (Å²) < 4.78 is 0. The van der Waals surface area contributed by atoms with Crippen molar-refractivity contribution >= 4 is 23.1 Å². The second kappa shape index (κ2) is 5.89. The molecule has 1 heterocycles. The molecule has 0 aliphatic carbocycles. The van der Waals surface area contributed by atoms with Crippen LogP contribution in [-0.4, -0.2) is 9.97 Å². The van der Waals surface area contributed by atoms with Crippen LogP contribution in [-0.2, 0) is 0 Å². The minimum atomic E-state index is 0.180. The van der Waals surface area contributed by atoms with Gasteiger partial charge >= 0.3 is 0 Å². The molecule has 2 aromatic rings. The summed E-state index contributed by atoms with van der Waals surface area (Å²) in [6.45, 7) is 5.87. The molecule has 0 amide bonds. The van der Waals surface area contributed by atoms with Crippen molar-refractivity contribution in [1.29, 1.82) is 5.26 Å². The molecule has 0 bridgehead atoms. The van der Waals surface area contributed by atoms with Gasteiger partial charge in [-0.05, 0) is 19.1 Å². The van der Waals surface area contributed by atoms with Gasteiger partial charge in [0.1, 0.15) is 22.9 Å². The summed E-state index contributed by atoms with van der Waals surface area (Å²) in [6, 6.07) is 9.43. The summed E-state index contributed by atoms with van der Waals surface area (Å²) in [5.41, 5.74) is 2.04. The predicted octanol–water partition coefficient (Wildman–Crippen LogP) is 4.18. The second-order valence-corrected chi connectivity index (χ2v) is 5.14. The Bertz CT molecular complexity index is 674. The first-order valence-corrected chi connectivity index (χ1v) is 6.71. The Hall–Kier alpha value is -2.12. The lowest BCUT2D eigenvalue weighted by Gasteiger charge is -2.13. The highest BCUT2D eigenvalue weighted by molar-refractivity contribution is 6.30. The fraction of sp³-hybridized carbons (Fsp3) is 0.267. The van der Waals surface area contributed by atoms with Crippen LogP contribution in [0, 0.1) is 18.3 Å². The van der Waals surface area contributed by atoms with E-state index in [9.17, 15) is 0 Å². The highest BCUT2D eigenvalue weighted by atomic mass is 35.5. The van der Waals surface area contributed by atoms with E-state index in [1.165, 1.54) is 0 Å². The minimum absolute atomic E-state index is 0.180. The van der Waals surface area contributed by atoms with E-state index in [0.717, 1.165) is 5.56 Å². The molecule has 0 fully saturated rings. The first kappa shape index (κ1) is 14.3. The lowest BCUT2D eigenvalue weighted by molar-refractivity contribution is 0.773. The molecule has 1 aromatic heterocycles. The van der Waals surface area contributed by atoms with Crippen LogP contribution in [0.15, 0.2) is 24.3 Å². The Morgan fingerprint density at radius 2 is 1.95 bits per heavy atom. The van der Waals surface area contributed by atoms with Crippen LogP contribution >= 0.6 is 11.6 Å². The molecule has 4 nitrogen and oxygen atoms in total. The van der Waals surface area contributed by atoms with Crippen LogP contribution in [0.3, 0.4) is 0 Å². The van der Waals surface area contributed by atoms with Gasteiger partial charge in [0.15, 0.2) is 0 Å². The molecule has 0 spiro atoms.